The molecule has 1 aromatic rings. The maximum atomic E-state index is 5.82. The van der Waals surface area contributed by atoms with Gasteiger partial charge >= 0.3 is 0 Å². The molecular formula is C12H14ClN. The molecule has 0 spiro atoms. The Balaban J connectivity index is 2.67. The Labute approximate surface area is 90.3 Å². The van der Waals surface area contributed by atoms with Crippen LogP contribution in [-0.2, 0) is 0 Å². The second-order valence-electron chi connectivity index (χ2n) is 3.17. The number of rotatable bonds is 2. The summed E-state index contributed by atoms with van der Waals surface area (Å²) in [4.78, 5) is 0. The van der Waals surface area contributed by atoms with Crippen molar-refractivity contribution in [3.63, 3.8) is 0 Å². The average molecular weight is 208 g/mol. The van der Waals surface area contributed by atoms with E-state index < -0.39 is 0 Å². The largest absolute Gasteiger partial charge is 0.318 e. The first-order valence-corrected chi connectivity index (χ1v) is 5.13. The lowest BCUT2D eigenvalue weighted by molar-refractivity contribution is 0.720. The zero-order valence-corrected chi connectivity index (χ0v) is 9.01. The lowest BCUT2D eigenvalue weighted by Crippen LogP contribution is -2.16. The zero-order valence-electron chi connectivity index (χ0n) is 8.26. The van der Waals surface area contributed by atoms with E-state index in [1.807, 2.05) is 24.3 Å². The topological polar surface area (TPSA) is 26.0 Å². The lowest BCUT2D eigenvalue weighted by Gasteiger charge is -1.98. The van der Waals surface area contributed by atoms with Gasteiger partial charge in [0.2, 0.25) is 0 Å². The first-order chi connectivity index (χ1) is 6.72. The summed E-state index contributed by atoms with van der Waals surface area (Å²) in [6.45, 7) is 2.10. The number of hydrogen-bond acceptors (Lipinski definition) is 1. The van der Waals surface area contributed by atoms with Gasteiger partial charge in [-0.3, -0.25) is 0 Å². The van der Waals surface area contributed by atoms with Crippen LogP contribution in [0.5, 0.6) is 0 Å². The number of benzene rings is 1. The van der Waals surface area contributed by atoms with Crippen LogP contribution in [0.2, 0.25) is 5.02 Å². The van der Waals surface area contributed by atoms with Crippen molar-refractivity contribution in [1.29, 1.82) is 0 Å². The fourth-order valence-electron chi connectivity index (χ4n) is 1.13. The summed E-state index contributed by atoms with van der Waals surface area (Å²) < 4.78 is 0. The minimum absolute atomic E-state index is 0.0287. The highest BCUT2D eigenvalue weighted by atomic mass is 35.5. The van der Waals surface area contributed by atoms with Crippen molar-refractivity contribution in [1.82, 2.24) is 0 Å². The molecule has 14 heavy (non-hydrogen) atoms. The van der Waals surface area contributed by atoms with Crippen molar-refractivity contribution in [2.75, 3.05) is 0 Å². The molecule has 2 heteroatoms. The third-order valence-electron chi connectivity index (χ3n) is 1.83. The maximum Gasteiger partial charge on any atom is 0.0668 e. The Morgan fingerprint density at radius 1 is 1.50 bits per heavy atom. The Hall–Kier alpha value is -0.970. The molecule has 1 aromatic carbocycles. The third-order valence-corrected chi connectivity index (χ3v) is 2.06. The summed E-state index contributed by atoms with van der Waals surface area (Å²) in [7, 11) is 0. The first kappa shape index (κ1) is 11.1. The van der Waals surface area contributed by atoms with E-state index in [1.54, 1.807) is 0 Å². The minimum atomic E-state index is -0.0287. The average Bonchev–Trinajstić information content (AvgIpc) is 2.15. The smallest absolute Gasteiger partial charge is 0.0668 e. The fraction of sp³-hybridized carbons (Fsp3) is 0.333. The van der Waals surface area contributed by atoms with Crippen LogP contribution in [0.4, 0.5) is 0 Å². The van der Waals surface area contributed by atoms with E-state index in [2.05, 4.69) is 18.8 Å². The molecule has 0 radical (unpaired) electrons. The van der Waals surface area contributed by atoms with Gasteiger partial charge < -0.3 is 5.73 Å². The molecule has 0 saturated heterocycles. The molecule has 0 aliphatic rings. The van der Waals surface area contributed by atoms with Gasteiger partial charge in [-0.2, -0.15) is 0 Å². The van der Waals surface area contributed by atoms with E-state index in [-0.39, 0.29) is 6.04 Å². The van der Waals surface area contributed by atoms with Crippen LogP contribution in [0.3, 0.4) is 0 Å². The van der Waals surface area contributed by atoms with Gasteiger partial charge in [0.1, 0.15) is 0 Å². The molecule has 1 unspecified atom stereocenters. The van der Waals surface area contributed by atoms with Crippen LogP contribution in [0, 0.1) is 11.8 Å². The molecule has 0 aromatic heterocycles. The van der Waals surface area contributed by atoms with Gasteiger partial charge in [0.05, 0.1) is 6.04 Å². The van der Waals surface area contributed by atoms with Gasteiger partial charge in [0.25, 0.3) is 0 Å². The van der Waals surface area contributed by atoms with Crippen molar-refractivity contribution in [2.24, 2.45) is 5.73 Å². The summed E-state index contributed by atoms with van der Waals surface area (Å²) in [6.07, 6.45) is 2.00. The summed E-state index contributed by atoms with van der Waals surface area (Å²) in [6, 6.07) is 7.46. The van der Waals surface area contributed by atoms with Gasteiger partial charge in [0, 0.05) is 10.6 Å². The highest BCUT2D eigenvalue weighted by molar-refractivity contribution is 6.30. The number of nitrogens with two attached hydrogens (primary N) is 1. The second-order valence-corrected chi connectivity index (χ2v) is 3.61. The molecule has 0 saturated carbocycles. The second kappa shape index (κ2) is 5.70. The molecule has 1 atom stereocenters. The molecular weight excluding hydrogens is 194 g/mol. The van der Waals surface area contributed by atoms with Crippen LogP contribution >= 0.6 is 11.6 Å². The highest BCUT2D eigenvalue weighted by Gasteiger charge is 1.93. The molecule has 0 aliphatic carbocycles. The van der Waals surface area contributed by atoms with Crippen molar-refractivity contribution >= 4 is 11.6 Å². The SMILES string of the molecule is CCCC(N)C#Cc1cccc(Cl)c1. The standard InChI is InChI=1S/C12H14ClN/c1-2-4-12(14)8-7-10-5-3-6-11(13)9-10/h3,5-6,9,12H,2,4,14H2,1H3. The normalized spacial score (nSPS) is 11.6. The Bertz CT molecular complexity index is 349. The summed E-state index contributed by atoms with van der Waals surface area (Å²) >= 11 is 5.82. The molecule has 0 heterocycles. The third kappa shape index (κ3) is 3.83. The maximum absolute atomic E-state index is 5.82. The monoisotopic (exact) mass is 207 g/mol. The van der Waals surface area contributed by atoms with E-state index in [9.17, 15) is 0 Å². The van der Waals surface area contributed by atoms with Crippen molar-refractivity contribution in [3.05, 3.63) is 34.9 Å². The highest BCUT2D eigenvalue weighted by Crippen LogP contribution is 2.09. The summed E-state index contributed by atoms with van der Waals surface area (Å²) in [5.41, 5.74) is 6.68. The first-order valence-electron chi connectivity index (χ1n) is 4.75. The number of hydrogen-bond donors (Lipinski definition) is 1. The molecule has 2 N–H and O–H groups in total. The lowest BCUT2D eigenvalue weighted by atomic mass is 10.1. The van der Waals surface area contributed by atoms with E-state index in [0.717, 1.165) is 18.4 Å². The molecule has 0 fully saturated rings. The van der Waals surface area contributed by atoms with Crippen LogP contribution in [-0.4, -0.2) is 6.04 Å². The minimum Gasteiger partial charge on any atom is -0.318 e. The van der Waals surface area contributed by atoms with Gasteiger partial charge in [0.15, 0.2) is 0 Å². The van der Waals surface area contributed by atoms with Gasteiger partial charge in [-0.25, -0.2) is 0 Å². The van der Waals surface area contributed by atoms with E-state index in [4.69, 9.17) is 17.3 Å². The fourth-order valence-corrected chi connectivity index (χ4v) is 1.32. The predicted molar refractivity (Wildman–Crippen MR) is 61.2 cm³/mol. The van der Waals surface area contributed by atoms with Crippen molar-refractivity contribution in [2.45, 2.75) is 25.8 Å². The van der Waals surface area contributed by atoms with E-state index in [0.29, 0.717) is 5.02 Å². The van der Waals surface area contributed by atoms with Crippen molar-refractivity contribution < 1.29 is 0 Å². The van der Waals surface area contributed by atoms with Crippen LogP contribution in [0.1, 0.15) is 25.3 Å². The van der Waals surface area contributed by atoms with Gasteiger partial charge in [-0.15, -0.1) is 0 Å². The Morgan fingerprint density at radius 2 is 2.29 bits per heavy atom. The summed E-state index contributed by atoms with van der Waals surface area (Å²) in [5.74, 6) is 6.01. The van der Waals surface area contributed by atoms with E-state index in [1.165, 1.54) is 0 Å². The van der Waals surface area contributed by atoms with E-state index >= 15 is 0 Å². The van der Waals surface area contributed by atoms with Crippen LogP contribution in [0.15, 0.2) is 24.3 Å². The molecule has 0 aliphatic heterocycles. The Morgan fingerprint density at radius 3 is 2.93 bits per heavy atom. The predicted octanol–water partition coefficient (Wildman–Crippen LogP) is 2.82. The zero-order chi connectivity index (χ0) is 10.4. The number of halogens is 1. The summed E-state index contributed by atoms with van der Waals surface area (Å²) in [5, 5.41) is 0.709. The Kier molecular flexibility index (Phi) is 4.52. The molecule has 74 valence electrons. The molecule has 1 nitrogen and oxygen atoms in total. The van der Waals surface area contributed by atoms with Gasteiger partial charge in [-0.1, -0.05) is 42.9 Å². The molecule has 0 amide bonds. The molecule has 0 bridgehead atoms. The van der Waals surface area contributed by atoms with Crippen molar-refractivity contribution in [3.8, 4) is 11.8 Å². The van der Waals surface area contributed by atoms with Crippen LogP contribution < -0.4 is 5.73 Å². The van der Waals surface area contributed by atoms with Gasteiger partial charge in [-0.05, 0) is 24.6 Å². The molecule has 1 rings (SSSR count). The quantitative estimate of drug-likeness (QED) is 0.742. The van der Waals surface area contributed by atoms with Crippen LogP contribution in [0.25, 0.3) is 0 Å².